The first-order valence-corrected chi connectivity index (χ1v) is 7.02. The van der Waals surface area contributed by atoms with Gasteiger partial charge in [-0.2, -0.15) is 0 Å². The molecule has 1 aromatic carbocycles. The Hall–Kier alpha value is -1.90. The van der Waals surface area contributed by atoms with Crippen molar-refractivity contribution < 1.29 is 4.79 Å². The van der Waals surface area contributed by atoms with Crippen molar-refractivity contribution in [1.82, 2.24) is 15.3 Å². The summed E-state index contributed by atoms with van der Waals surface area (Å²) in [5.41, 5.74) is 0.803. The highest BCUT2D eigenvalue weighted by Gasteiger charge is 2.07. The zero-order valence-electron chi connectivity index (χ0n) is 10.5. The highest BCUT2D eigenvalue weighted by Crippen LogP contribution is 2.07. The van der Waals surface area contributed by atoms with E-state index in [0.29, 0.717) is 15.9 Å². The molecule has 0 radical (unpaired) electrons. The number of carbonyl (C=O) groups excluding carboxylic acids is 1. The number of nitrogens with zero attached hydrogens (tertiary/aromatic N) is 1. The van der Waals surface area contributed by atoms with Crippen LogP contribution in [0.5, 0.6) is 0 Å². The number of rotatable bonds is 5. The summed E-state index contributed by atoms with van der Waals surface area (Å²) in [6, 6.07) is 9.64. The van der Waals surface area contributed by atoms with Crippen LogP contribution in [0.25, 0.3) is 0 Å². The molecule has 0 atom stereocenters. The van der Waals surface area contributed by atoms with Crippen molar-refractivity contribution in [2.24, 2.45) is 0 Å². The van der Waals surface area contributed by atoms with Gasteiger partial charge in [0.2, 0.25) is 5.91 Å². The second kappa shape index (κ2) is 7.04. The number of nitrogens with one attached hydrogen (secondary N) is 3. The predicted molar refractivity (Wildman–Crippen MR) is 84.4 cm³/mol. The van der Waals surface area contributed by atoms with Gasteiger partial charge in [0, 0.05) is 6.54 Å². The number of H-pyrrole nitrogens is 1. The van der Waals surface area contributed by atoms with E-state index < -0.39 is 0 Å². The van der Waals surface area contributed by atoms with Crippen LogP contribution in [0.1, 0.15) is 5.56 Å². The van der Waals surface area contributed by atoms with Crippen LogP contribution in [0.4, 0.5) is 5.82 Å². The van der Waals surface area contributed by atoms with E-state index in [4.69, 9.17) is 0 Å². The number of halogens is 1. The number of anilines is 1. The molecule has 0 fully saturated rings. The molecule has 1 aromatic heterocycles. The van der Waals surface area contributed by atoms with Gasteiger partial charge in [0.25, 0.3) is 5.56 Å². The molecule has 0 unspecified atom stereocenters. The Bertz CT molecular complexity index is 642. The number of carbonyl (C=O) groups is 1. The number of aromatic amines is 1. The molecule has 0 aliphatic heterocycles. The summed E-state index contributed by atoms with van der Waals surface area (Å²) >= 11 is 1.88. The molecule has 0 saturated carbocycles. The van der Waals surface area contributed by atoms with E-state index in [-0.39, 0.29) is 18.0 Å². The fourth-order valence-corrected chi connectivity index (χ4v) is 2.01. The van der Waals surface area contributed by atoms with Crippen molar-refractivity contribution in [2.45, 2.75) is 6.54 Å². The summed E-state index contributed by atoms with van der Waals surface area (Å²) in [7, 11) is 0. The minimum absolute atomic E-state index is 0.0687. The minimum Gasteiger partial charge on any atom is -0.360 e. The van der Waals surface area contributed by atoms with Crippen LogP contribution in [-0.2, 0) is 11.3 Å². The molecule has 2 aromatic rings. The lowest BCUT2D eigenvalue weighted by molar-refractivity contribution is -0.119. The summed E-state index contributed by atoms with van der Waals surface area (Å²) in [5.74, 6) is 0.246. The summed E-state index contributed by atoms with van der Waals surface area (Å²) in [6.45, 7) is 0.542. The lowest BCUT2D eigenvalue weighted by Gasteiger charge is -2.08. The summed E-state index contributed by atoms with van der Waals surface area (Å²) in [6.07, 6.45) is 1.30. The first-order chi connectivity index (χ1) is 9.66. The Labute approximate surface area is 129 Å². The molecular formula is C13H13IN4O2. The van der Waals surface area contributed by atoms with E-state index in [9.17, 15) is 9.59 Å². The predicted octanol–water partition coefficient (Wildman–Crippen LogP) is 1.10. The summed E-state index contributed by atoms with van der Waals surface area (Å²) in [4.78, 5) is 29.5. The standard InChI is InChI=1S/C13H13IN4O2/c14-11-12(17-8-18-13(11)20)16-7-10(19)15-6-9-4-2-1-3-5-9/h1-5,8H,6-7H2,(H,15,19)(H2,16,17,18,20). The number of hydrogen-bond acceptors (Lipinski definition) is 4. The molecule has 1 heterocycles. The van der Waals surface area contributed by atoms with Crippen LogP contribution < -0.4 is 16.2 Å². The maximum atomic E-state index is 11.7. The monoisotopic (exact) mass is 384 g/mol. The minimum atomic E-state index is -0.229. The van der Waals surface area contributed by atoms with Crippen molar-refractivity contribution in [3.8, 4) is 0 Å². The zero-order chi connectivity index (χ0) is 14.4. The fraction of sp³-hybridized carbons (Fsp3) is 0.154. The molecule has 0 bridgehead atoms. The van der Waals surface area contributed by atoms with Gasteiger partial charge in [-0.1, -0.05) is 30.3 Å². The molecule has 0 aliphatic carbocycles. The van der Waals surface area contributed by atoms with Crippen LogP contribution >= 0.6 is 22.6 Å². The largest absolute Gasteiger partial charge is 0.360 e. The number of aromatic nitrogens is 2. The van der Waals surface area contributed by atoms with Gasteiger partial charge in [-0.15, -0.1) is 0 Å². The Kier molecular flexibility index (Phi) is 5.10. The third-order valence-electron chi connectivity index (χ3n) is 2.55. The number of hydrogen-bond donors (Lipinski definition) is 3. The maximum absolute atomic E-state index is 11.7. The fourth-order valence-electron chi connectivity index (χ4n) is 1.53. The molecule has 104 valence electrons. The summed E-state index contributed by atoms with van der Waals surface area (Å²) < 4.78 is 0.431. The lowest BCUT2D eigenvalue weighted by atomic mass is 10.2. The van der Waals surface area contributed by atoms with E-state index in [0.717, 1.165) is 5.56 Å². The Morgan fingerprint density at radius 3 is 2.80 bits per heavy atom. The normalized spacial score (nSPS) is 10.1. The highest BCUT2D eigenvalue weighted by molar-refractivity contribution is 14.1. The first-order valence-electron chi connectivity index (χ1n) is 5.94. The zero-order valence-corrected chi connectivity index (χ0v) is 12.7. The molecule has 0 aliphatic rings. The Morgan fingerprint density at radius 2 is 2.05 bits per heavy atom. The molecule has 20 heavy (non-hydrogen) atoms. The van der Waals surface area contributed by atoms with Crippen LogP contribution in [0.15, 0.2) is 41.5 Å². The third-order valence-corrected chi connectivity index (χ3v) is 3.55. The summed E-state index contributed by atoms with van der Waals surface area (Å²) in [5, 5.41) is 5.62. The van der Waals surface area contributed by atoms with Crippen LogP contribution in [-0.4, -0.2) is 22.4 Å². The van der Waals surface area contributed by atoms with Crippen LogP contribution in [0.2, 0.25) is 0 Å². The van der Waals surface area contributed by atoms with Crippen molar-refractivity contribution in [1.29, 1.82) is 0 Å². The number of benzene rings is 1. The van der Waals surface area contributed by atoms with Gasteiger partial charge < -0.3 is 15.6 Å². The SMILES string of the molecule is O=C(CNc1nc[nH]c(=O)c1I)NCc1ccccc1. The van der Waals surface area contributed by atoms with E-state index in [2.05, 4.69) is 20.6 Å². The Morgan fingerprint density at radius 1 is 1.30 bits per heavy atom. The van der Waals surface area contributed by atoms with E-state index in [1.54, 1.807) is 0 Å². The first kappa shape index (κ1) is 14.5. The quantitative estimate of drug-likeness (QED) is 0.674. The molecule has 0 saturated heterocycles. The molecule has 0 spiro atoms. The maximum Gasteiger partial charge on any atom is 0.266 e. The topological polar surface area (TPSA) is 86.9 Å². The van der Waals surface area contributed by atoms with Gasteiger partial charge in [0.15, 0.2) is 0 Å². The average molecular weight is 384 g/mol. The number of amides is 1. The van der Waals surface area contributed by atoms with Crippen molar-refractivity contribution in [2.75, 3.05) is 11.9 Å². The van der Waals surface area contributed by atoms with Gasteiger partial charge in [-0.05, 0) is 28.2 Å². The van der Waals surface area contributed by atoms with Gasteiger partial charge in [0.1, 0.15) is 9.39 Å². The van der Waals surface area contributed by atoms with E-state index >= 15 is 0 Å². The molecule has 6 nitrogen and oxygen atoms in total. The second-order valence-corrected chi connectivity index (χ2v) is 5.09. The smallest absolute Gasteiger partial charge is 0.266 e. The van der Waals surface area contributed by atoms with Gasteiger partial charge in [-0.3, -0.25) is 9.59 Å². The molecule has 2 rings (SSSR count). The van der Waals surface area contributed by atoms with Crippen molar-refractivity contribution >= 4 is 34.3 Å². The van der Waals surface area contributed by atoms with Gasteiger partial charge >= 0.3 is 0 Å². The lowest BCUT2D eigenvalue weighted by Crippen LogP contribution is -2.30. The molecule has 1 amide bonds. The molecule has 7 heteroatoms. The molecule has 3 N–H and O–H groups in total. The third kappa shape index (κ3) is 4.05. The van der Waals surface area contributed by atoms with Gasteiger partial charge in [-0.25, -0.2) is 4.98 Å². The van der Waals surface area contributed by atoms with Crippen molar-refractivity contribution in [3.63, 3.8) is 0 Å². The van der Waals surface area contributed by atoms with Crippen molar-refractivity contribution in [3.05, 3.63) is 56.1 Å². The van der Waals surface area contributed by atoms with Crippen LogP contribution in [0.3, 0.4) is 0 Å². The van der Waals surface area contributed by atoms with E-state index in [1.165, 1.54) is 6.33 Å². The van der Waals surface area contributed by atoms with Gasteiger partial charge in [0.05, 0.1) is 12.9 Å². The van der Waals surface area contributed by atoms with E-state index in [1.807, 2.05) is 52.9 Å². The highest BCUT2D eigenvalue weighted by atomic mass is 127. The van der Waals surface area contributed by atoms with Crippen LogP contribution in [0, 0.1) is 3.57 Å². The molecular weight excluding hydrogens is 371 g/mol. The average Bonchev–Trinajstić information content (AvgIpc) is 2.48. The second-order valence-electron chi connectivity index (χ2n) is 4.01. The Balaban J connectivity index is 1.83.